The number of hydrogen-bond donors (Lipinski definition) is 2. The summed E-state index contributed by atoms with van der Waals surface area (Å²) in [4.78, 5) is 16.2. The fraction of sp³-hybridized carbons (Fsp3) is 0.389. The van der Waals surface area contributed by atoms with Gasteiger partial charge >= 0.3 is 0 Å². The summed E-state index contributed by atoms with van der Waals surface area (Å²) < 4.78 is 0. The highest BCUT2D eigenvalue weighted by Crippen LogP contribution is 2.40. The highest BCUT2D eigenvalue weighted by atomic mass is 32.1. The lowest BCUT2D eigenvalue weighted by molar-refractivity contribution is 0.509. The summed E-state index contributed by atoms with van der Waals surface area (Å²) in [6.07, 6.45) is 6.93. The van der Waals surface area contributed by atoms with Crippen molar-refractivity contribution in [2.45, 2.75) is 32.2 Å². The highest BCUT2D eigenvalue weighted by Gasteiger charge is 2.25. The zero-order valence-electron chi connectivity index (χ0n) is 13.7. The van der Waals surface area contributed by atoms with Crippen LogP contribution in [0, 0.1) is 5.92 Å². The summed E-state index contributed by atoms with van der Waals surface area (Å²) in [6, 6.07) is 3.58. The summed E-state index contributed by atoms with van der Waals surface area (Å²) in [6.45, 7) is 2.69. The molecule has 6 heteroatoms. The Kier molecular flexibility index (Phi) is 4.04. The minimum Gasteiger partial charge on any atom is -0.329 e. The smallest absolute Gasteiger partial charge is 0.161 e. The Hall–Kier alpha value is -1.89. The van der Waals surface area contributed by atoms with Gasteiger partial charge in [0.15, 0.2) is 5.82 Å². The monoisotopic (exact) mass is 339 g/mol. The van der Waals surface area contributed by atoms with Crippen molar-refractivity contribution in [3.63, 3.8) is 0 Å². The molecule has 3 heterocycles. The SMILES string of the molecule is CC1CCc2c(sc3nc(-c4ccncc4)nc(C(N)CN)c23)C1. The van der Waals surface area contributed by atoms with Gasteiger partial charge in [-0.25, -0.2) is 9.97 Å². The van der Waals surface area contributed by atoms with E-state index in [2.05, 4.69) is 11.9 Å². The number of pyridine rings is 1. The van der Waals surface area contributed by atoms with Crippen molar-refractivity contribution in [2.75, 3.05) is 6.54 Å². The van der Waals surface area contributed by atoms with E-state index >= 15 is 0 Å². The van der Waals surface area contributed by atoms with Crippen LogP contribution in [0.2, 0.25) is 0 Å². The Morgan fingerprint density at radius 2 is 2.08 bits per heavy atom. The number of nitrogens with zero attached hydrogens (tertiary/aromatic N) is 3. The highest BCUT2D eigenvalue weighted by molar-refractivity contribution is 7.18. The Balaban J connectivity index is 1.96. The predicted octanol–water partition coefficient (Wildman–Crippen LogP) is 2.84. The van der Waals surface area contributed by atoms with Gasteiger partial charge in [-0.3, -0.25) is 4.98 Å². The number of aryl methyl sites for hydroxylation is 1. The molecule has 0 aromatic carbocycles. The third kappa shape index (κ3) is 2.60. The molecule has 5 nitrogen and oxygen atoms in total. The van der Waals surface area contributed by atoms with E-state index in [1.165, 1.54) is 16.9 Å². The van der Waals surface area contributed by atoms with E-state index in [-0.39, 0.29) is 6.04 Å². The first-order chi connectivity index (χ1) is 11.7. The second-order valence-corrected chi connectivity index (χ2v) is 7.63. The molecule has 124 valence electrons. The van der Waals surface area contributed by atoms with Gasteiger partial charge in [-0.1, -0.05) is 6.92 Å². The third-order valence-electron chi connectivity index (χ3n) is 4.73. The van der Waals surface area contributed by atoms with Crippen molar-refractivity contribution in [3.8, 4) is 11.4 Å². The van der Waals surface area contributed by atoms with Crippen LogP contribution in [0.3, 0.4) is 0 Å². The fourth-order valence-electron chi connectivity index (χ4n) is 3.38. The average Bonchev–Trinajstić information content (AvgIpc) is 2.98. The summed E-state index contributed by atoms with van der Waals surface area (Å²) in [7, 11) is 0. The molecule has 0 saturated heterocycles. The van der Waals surface area contributed by atoms with E-state index in [9.17, 15) is 0 Å². The zero-order chi connectivity index (χ0) is 16.7. The summed E-state index contributed by atoms with van der Waals surface area (Å²) in [5, 5.41) is 1.15. The second kappa shape index (κ2) is 6.20. The lowest BCUT2D eigenvalue weighted by Crippen LogP contribution is -2.23. The third-order valence-corrected chi connectivity index (χ3v) is 5.87. The van der Waals surface area contributed by atoms with Gasteiger partial charge < -0.3 is 11.5 Å². The van der Waals surface area contributed by atoms with E-state index in [0.717, 1.165) is 40.2 Å². The molecule has 4 rings (SSSR count). The molecule has 0 aliphatic heterocycles. The van der Waals surface area contributed by atoms with Gasteiger partial charge in [0.1, 0.15) is 4.83 Å². The minimum atomic E-state index is -0.269. The van der Waals surface area contributed by atoms with Crippen LogP contribution in [-0.4, -0.2) is 21.5 Å². The second-order valence-electron chi connectivity index (χ2n) is 6.54. The molecule has 3 aromatic rings. The van der Waals surface area contributed by atoms with Gasteiger partial charge in [0.25, 0.3) is 0 Å². The number of aromatic nitrogens is 3. The van der Waals surface area contributed by atoms with Gasteiger partial charge in [0.05, 0.1) is 11.7 Å². The predicted molar refractivity (Wildman–Crippen MR) is 97.8 cm³/mol. The maximum absolute atomic E-state index is 6.30. The molecule has 2 atom stereocenters. The minimum absolute atomic E-state index is 0.269. The number of fused-ring (bicyclic) bond motifs is 3. The van der Waals surface area contributed by atoms with Gasteiger partial charge in [-0.05, 0) is 42.9 Å². The molecular weight excluding hydrogens is 318 g/mol. The van der Waals surface area contributed by atoms with Crippen LogP contribution >= 0.6 is 11.3 Å². The molecule has 0 bridgehead atoms. The molecular formula is C18H21N5S. The first-order valence-corrected chi connectivity index (χ1v) is 9.17. The Morgan fingerprint density at radius 1 is 1.29 bits per heavy atom. The van der Waals surface area contributed by atoms with Crippen LogP contribution < -0.4 is 11.5 Å². The number of thiophene rings is 1. The molecule has 1 aliphatic rings. The zero-order valence-corrected chi connectivity index (χ0v) is 14.5. The molecule has 0 amide bonds. The first-order valence-electron chi connectivity index (χ1n) is 8.35. The lowest BCUT2D eigenvalue weighted by atomic mass is 9.88. The molecule has 2 unspecified atom stereocenters. The summed E-state index contributed by atoms with van der Waals surface area (Å²) >= 11 is 1.79. The molecule has 0 saturated carbocycles. The maximum Gasteiger partial charge on any atom is 0.161 e. The molecule has 4 N–H and O–H groups in total. The van der Waals surface area contributed by atoms with Gasteiger partial charge in [-0.15, -0.1) is 11.3 Å². The molecule has 24 heavy (non-hydrogen) atoms. The number of nitrogens with two attached hydrogens (primary N) is 2. The van der Waals surface area contributed by atoms with E-state index in [1.54, 1.807) is 23.7 Å². The molecule has 3 aromatic heterocycles. The van der Waals surface area contributed by atoms with Crippen LogP contribution in [0.15, 0.2) is 24.5 Å². The van der Waals surface area contributed by atoms with E-state index < -0.39 is 0 Å². The molecule has 0 radical (unpaired) electrons. The largest absolute Gasteiger partial charge is 0.329 e. The quantitative estimate of drug-likeness (QED) is 0.766. The van der Waals surface area contributed by atoms with Gasteiger partial charge in [0.2, 0.25) is 0 Å². The first kappa shape index (κ1) is 15.6. The van der Waals surface area contributed by atoms with Gasteiger partial charge in [-0.2, -0.15) is 0 Å². The number of hydrogen-bond acceptors (Lipinski definition) is 6. The number of rotatable bonds is 3. The van der Waals surface area contributed by atoms with Crippen molar-refractivity contribution in [1.82, 2.24) is 15.0 Å². The van der Waals surface area contributed by atoms with Crippen LogP contribution in [0.5, 0.6) is 0 Å². The summed E-state index contributed by atoms with van der Waals surface area (Å²) in [5.74, 6) is 1.43. The van der Waals surface area contributed by atoms with E-state index in [0.29, 0.717) is 12.4 Å². The van der Waals surface area contributed by atoms with Crippen molar-refractivity contribution in [3.05, 3.63) is 40.7 Å². The van der Waals surface area contributed by atoms with Crippen LogP contribution in [0.1, 0.15) is 35.5 Å². The topological polar surface area (TPSA) is 90.7 Å². The molecule has 0 fully saturated rings. The van der Waals surface area contributed by atoms with Crippen molar-refractivity contribution < 1.29 is 0 Å². The van der Waals surface area contributed by atoms with E-state index in [1.807, 2.05) is 12.1 Å². The van der Waals surface area contributed by atoms with Crippen molar-refractivity contribution in [1.29, 1.82) is 0 Å². The average molecular weight is 339 g/mol. The van der Waals surface area contributed by atoms with Gasteiger partial charge in [0, 0.05) is 34.8 Å². The van der Waals surface area contributed by atoms with Crippen molar-refractivity contribution in [2.24, 2.45) is 17.4 Å². The van der Waals surface area contributed by atoms with E-state index in [4.69, 9.17) is 21.4 Å². The standard InChI is InChI=1S/C18H21N5S/c1-10-2-3-12-14(8-10)24-18-15(12)16(13(20)9-19)22-17(23-18)11-4-6-21-7-5-11/h4-7,10,13H,2-3,8-9,19-20H2,1H3. The fourth-order valence-corrected chi connectivity index (χ4v) is 4.77. The van der Waals surface area contributed by atoms with Crippen molar-refractivity contribution >= 4 is 21.6 Å². The molecule has 1 aliphatic carbocycles. The van der Waals surface area contributed by atoms with Crippen LogP contribution in [-0.2, 0) is 12.8 Å². The van der Waals surface area contributed by atoms with Crippen LogP contribution in [0.25, 0.3) is 21.6 Å². The maximum atomic E-state index is 6.30. The Morgan fingerprint density at radius 3 is 2.83 bits per heavy atom. The summed E-state index contributed by atoms with van der Waals surface area (Å²) in [5.41, 5.74) is 15.4. The normalized spacial score (nSPS) is 18.5. The van der Waals surface area contributed by atoms with Crippen LogP contribution in [0.4, 0.5) is 0 Å². The lowest BCUT2D eigenvalue weighted by Gasteiger charge is -2.19. The Labute approximate surface area is 145 Å². The Bertz CT molecular complexity index is 874. The molecule has 0 spiro atoms.